The van der Waals surface area contributed by atoms with E-state index < -0.39 is 5.60 Å². The Bertz CT molecular complexity index is 521. The lowest BCUT2D eigenvalue weighted by Crippen LogP contribution is -2.34. The molecule has 1 saturated heterocycles. The smallest absolute Gasteiger partial charge is 0.195 e. The van der Waals surface area contributed by atoms with E-state index >= 15 is 0 Å². The van der Waals surface area contributed by atoms with Crippen LogP contribution < -0.4 is 9.47 Å². The largest absolute Gasteiger partial charge is 0.490 e. The Hall–Kier alpha value is -1.07. The molecular weight excluding hydrogens is 336 g/mol. The van der Waals surface area contributed by atoms with E-state index in [2.05, 4.69) is 15.9 Å². The summed E-state index contributed by atoms with van der Waals surface area (Å²) in [7, 11) is 0. The fraction of sp³-hybridized carbons (Fsp3) is 0.562. The van der Waals surface area contributed by atoms with Crippen LogP contribution in [0.25, 0.3) is 0 Å². The number of hydrogen-bond donors (Lipinski definition) is 0. The van der Waals surface area contributed by atoms with Gasteiger partial charge in [-0.3, -0.25) is 4.79 Å². The number of carbonyl (C=O) groups excluding carboxylic acids is 1. The topological polar surface area (TPSA) is 44.8 Å². The van der Waals surface area contributed by atoms with Gasteiger partial charge in [-0.25, -0.2) is 0 Å². The number of ether oxygens (including phenoxy) is 3. The number of hydrogen-bond acceptors (Lipinski definition) is 4. The lowest BCUT2D eigenvalue weighted by molar-refractivity contribution is 0.0212. The van der Waals surface area contributed by atoms with Crippen LogP contribution in [0.1, 0.15) is 44.0 Å². The molecule has 0 amide bonds. The summed E-state index contributed by atoms with van der Waals surface area (Å²) in [6.07, 6.45) is 1.66. The number of ketones is 1. The van der Waals surface area contributed by atoms with Crippen LogP contribution in [0.15, 0.2) is 16.6 Å². The van der Waals surface area contributed by atoms with Gasteiger partial charge in [0.1, 0.15) is 5.60 Å². The van der Waals surface area contributed by atoms with E-state index in [0.29, 0.717) is 41.4 Å². The average Bonchev–Trinajstić information content (AvgIpc) is 2.89. The summed E-state index contributed by atoms with van der Waals surface area (Å²) < 4.78 is 17.5. The lowest BCUT2D eigenvalue weighted by Gasteiger charge is -2.23. The second kappa shape index (κ2) is 6.79. The summed E-state index contributed by atoms with van der Waals surface area (Å²) in [5.74, 6) is 1.21. The summed E-state index contributed by atoms with van der Waals surface area (Å²) in [5, 5.41) is 0. The first-order chi connectivity index (χ1) is 10.0. The molecule has 1 aliphatic rings. The molecule has 5 heteroatoms. The first-order valence-electron chi connectivity index (χ1n) is 7.29. The Morgan fingerprint density at radius 2 is 1.90 bits per heavy atom. The number of rotatable bonds is 6. The molecule has 0 spiro atoms. The van der Waals surface area contributed by atoms with Gasteiger partial charge in [-0.15, -0.1) is 0 Å². The minimum atomic E-state index is -0.737. The van der Waals surface area contributed by atoms with Gasteiger partial charge in [0, 0.05) is 16.6 Å². The van der Waals surface area contributed by atoms with E-state index in [4.69, 9.17) is 14.2 Å². The minimum absolute atomic E-state index is 0.0177. The van der Waals surface area contributed by atoms with E-state index in [-0.39, 0.29) is 5.78 Å². The zero-order valence-corrected chi connectivity index (χ0v) is 14.3. The monoisotopic (exact) mass is 356 g/mol. The highest BCUT2D eigenvalue weighted by Gasteiger charge is 2.39. The molecule has 1 aromatic carbocycles. The van der Waals surface area contributed by atoms with Crippen molar-refractivity contribution in [2.75, 3.05) is 19.8 Å². The molecule has 1 unspecified atom stereocenters. The van der Waals surface area contributed by atoms with E-state index in [1.807, 2.05) is 20.8 Å². The van der Waals surface area contributed by atoms with Crippen LogP contribution in [0.4, 0.5) is 0 Å². The summed E-state index contributed by atoms with van der Waals surface area (Å²) in [6, 6.07) is 3.54. The van der Waals surface area contributed by atoms with Gasteiger partial charge in [0.25, 0.3) is 0 Å². The first-order valence-corrected chi connectivity index (χ1v) is 8.09. The molecule has 2 rings (SSSR count). The van der Waals surface area contributed by atoms with Gasteiger partial charge in [-0.1, -0.05) is 0 Å². The minimum Gasteiger partial charge on any atom is -0.490 e. The molecule has 1 heterocycles. The van der Waals surface area contributed by atoms with E-state index in [0.717, 1.165) is 12.8 Å². The fourth-order valence-electron chi connectivity index (χ4n) is 2.49. The molecule has 1 aromatic rings. The molecule has 4 nitrogen and oxygen atoms in total. The standard InChI is InChI=1S/C16H21BrO4/c1-4-19-13-9-11(12(17)10-14(13)20-5-2)15(18)16(3)7-6-8-21-16/h9-10H,4-8H2,1-3H3. The van der Waals surface area contributed by atoms with Gasteiger partial charge in [-0.2, -0.15) is 0 Å². The van der Waals surface area contributed by atoms with Gasteiger partial charge in [0.2, 0.25) is 0 Å². The molecule has 0 radical (unpaired) electrons. The molecule has 0 bridgehead atoms. The maximum Gasteiger partial charge on any atom is 0.195 e. The number of benzene rings is 1. The van der Waals surface area contributed by atoms with E-state index in [1.54, 1.807) is 12.1 Å². The van der Waals surface area contributed by atoms with Gasteiger partial charge in [0.05, 0.1) is 13.2 Å². The third kappa shape index (κ3) is 3.40. The molecule has 116 valence electrons. The van der Waals surface area contributed by atoms with E-state index in [9.17, 15) is 4.79 Å². The SMILES string of the molecule is CCOc1cc(Br)c(C(=O)C2(C)CCCO2)cc1OCC. The Morgan fingerprint density at radius 1 is 1.29 bits per heavy atom. The van der Waals surface area contributed by atoms with Crippen molar-refractivity contribution < 1.29 is 19.0 Å². The lowest BCUT2D eigenvalue weighted by atomic mass is 9.92. The first kappa shape index (κ1) is 16.3. The molecule has 21 heavy (non-hydrogen) atoms. The van der Waals surface area contributed by atoms with Crippen molar-refractivity contribution >= 4 is 21.7 Å². The van der Waals surface area contributed by atoms with Crippen molar-refractivity contribution in [2.24, 2.45) is 0 Å². The molecule has 0 N–H and O–H groups in total. The zero-order chi connectivity index (χ0) is 15.5. The van der Waals surface area contributed by atoms with Gasteiger partial charge in [-0.05, 0) is 61.7 Å². The predicted molar refractivity (Wildman–Crippen MR) is 84.4 cm³/mol. The van der Waals surface area contributed by atoms with Gasteiger partial charge < -0.3 is 14.2 Å². The molecule has 1 atom stereocenters. The molecule has 0 aromatic heterocycles. The second-order valence-electron chi connectivity index (χ2n) is 5.16. The number of Topliss-reactive ketones (excluding diaryl/α,β-unsaturated/α-hetero) is 1. The van der Waals surface area contributed by atoms with Crippen molar-refractivity contribution in [3.63, 3.8) is 0 Å². The van der Waals surface area contributed by atoms with Crippen LogP contribution in [-0.2, 0) is 4.74 Å². The molecule has 1 fully saturated rings. The Morgan fingerprint density at radius 3 is 2.43 bits per heavy atom. The maximum atomic E-state index is 12.8. The quantitative estimate of drug-likeness (QED) is 0.722. The molecule has 0 aliphatic carbocycles. The average molecular weight is 357 g/mol. The van der Waals surface area contributed by atoms with Crippen molar-refractivity contribution in [3.05, 3.63) is 22.2 Å². The second-order valence-corrected chi connectivity index (χ2v) is 6.01. The van der Waals surface area contributed by atoms with Crippen LogP contribution in [-0.4, -0.2) is 31.2 Å². The fourth-order valence-corrected chi connectivity index (χ4v) is 2.99. The number of carbonyl (C=O) groups is 1. The Labute approximate surface area is 133 Å². The van der Waals surface area contributed by atoms with E-state index in [1.165, 1.54) is 0 Å². The molecule has 1 aliphatic heterocycles. The van der Waals surface area contributed by atoms with Crippen molar-refractivity contribution in [1.29, 1.82) is 0 Å². The molecular formula is C16H21BrO4. The van der Waals surface area contributed by atoms with Gasteiger partial charge >= 0.3 is 0 Å². The summed E-state index contributed by atoms with van der Waals surface area (Å²) in [4.78, 5) is 12.8. The normalized spacial score (nSPS) is 21.3. The highest BCUT2D eigenvalue weighted by atomic mass is 79.9. The van der Waals surface area contributed by atoms with Crippen LogP contribution >= 0.6 is 15.9 Å². The Balaban J connectivity index is 2.39. The molecule has 0 saturated carbocycles. The summed E-state index contributed by atoms with van der Waals surface area (Å²) >= 11 is 3.46. The van der Waals surface area contributed by atoms with Crippen molar-refractivity contribution in [1.82, 2.24) is 0 Å². The highest BCUT2D eigenvalue weighted by Crippen LogP contribution is 2.37. The summed E-state index contributed by atoms with van der Waals surface area (Å²) in [6.45, 7) is 7.36. The third-order valence-corrected chi connectivity index (χ3v) is 4.23. The van der Waals surface area contributed by atoms with Crippen LogP contribution in [0, 0.1) is 0 Å². The van der Waals surface area contributed by atoms with Crippen LogP contribution in [0.2, 0.25) is 0 Å². The number of halogens is 1. The zero-order valence-electron chi connectivity index (χ0n) is 12.7. The van der Waals surface area contributed by atoms with Crippen LogP contribution in [0.5, 0.6) is 11.5 Å². The predicted octanol–water partition coefficient (Wildman–Crippen LogP) is 4.00. The maximum absolute atomic E-state index is 12.8. The summed E-state index contributed by atoms with van der Waals surface area (Å²) in [5.41, 5.74) is -0.162. The van der Waals surface area contributed by atoms with Crippen LogP contribution in [0.3, 0.4) is 0 Å². The van der Waals surface area contributed by atoms with Crippen molar-refractivity contribution in [2.45, 2.75) is 39.2 Å². The Kier molecular flexibility index (Phi) is 5.27. The van der Waals surface area contributed by atoms with Gasteiger partial charge in [0.15, 0.2) is 17.3 Å². The third-order valence-electron chi connectivity index (χ3n) is 3.58. The van der Waals surface area contributed by atoms with Crippen molar-refractivity contribution in [3.8, 4) is 11.5 Å². The highest BCUT2D eigenvalue weighted by molar-refractivity contribution is 9.10.